The molecule has 6 aromatic carbocycles. The van der Waals surface area contributed by atoms with Crippen LogP contribution in [0, 0.1) is 0 Å². The molecule has 1 aliphatic carbocycles. The van der Waals surface area contributed by atoms with Crippen LogP contribution < -0.4 is 0 Å². The lowest BCUT2D eigenvalue weighted by Crippen LogP contribution is -2.11. The third kappa shape index (κ3) is 5.42. The van der Waals surface area contributed by atoms with Crippen LogP contribution in [0.3, 0.4) is 0 Å². The molecule has 1 aliphatic rings. The molecule has 0 spiro atoms. The topological polar surface area (TPSA) is 55.7 Å². The van der Waals surface area contributed by atoms with Crippen LogP contribution in [0.4, 0.5) is 0 Å². The molecule has 1 aromatic heterocycles. The highest BCUT2D eigenvalue weighted by molar-refractivity contribution is 6.08. The third-order valence-electron chi connectivity index (χ3n) is 8.48. The maximum Gasteiger partial charge on any atom is 0.230 e. The number of benzene rings is 6. The first-order valence-corrected chi connectivity index (χ1v) is 15.5. The summed E-state index contributed by atoms with van der Waals surface area (Å²) in [4.78, 5) is 29.0. The Morgan fingerprint density at radius 1 is 0.478 bits per heavy atom. The van der Waals surface area contributed by atoms with Gasteiger partial charge in [-0.25, -0.2) is 15.0 Å². The highest BCUT2D eigenvalue weighted by Gasteiger charge is 2.20. The van der Waals surface area contributed by atoms with Crippen LogP contribution in [-0.4, -0.2) is 20.7 Å². The Morgan fingerprint density at radius 2 is 1.07 bits per heavy atom. The van der Waals surface area contributed by atoms with Crippen molar-refractivity contribution in [3.8, 4) is 33.9 Å². The molecule has 0 atom stereocenters. The van der Waals surface area contributed by atoms with Gasteiger partial charge in [0.25, 0.3) is 0 Å². The summed E-state index contributed by atoms with van der Waals surface area (Å²) in [5.74, 6) is 0.797. The average molecular weight is 592 g/mol. The first-order chi connectivity index (χ1) is 22.7. The third-order valence-corrected chi connectivity index (χ3v) is 8.48. The van der Waals surface area contributed by atoms with Gasteiger partial charge in [0.05, 0.1) is 0 Å². The van der Waals surface area contributed by atoms with Gasteiger partial charge in [0.1, 0.15) is 0 Å². The summed E-state index contributed by atoms with van der Waals surface area (Å²) >= 11 is 0. The van der Waals surface area contributed by atoms with Gasteiger partial charge in [0.2, 0.25) is 11.6 Å². The summed E-state index contributed by atoms with van der Waals surface area (Å²) in [5.41, 5.74) is 6.32. The number of nitrogens with zero attached hydrogens (tertiary/aromatic N) is 3. The Bertz CT molecular complexity index is 2240. The van der Waals surface area contributed by atoms with E-state index in [4.69, 9.17) is 15.0 Å². The van der Waals surface area contributed by atoms with Crippen molar-refractivity contribution in [2.45, 2.75) is 12.8 Å². The SMILES string of the molecule is O=C(c1cc(C2=CCCC=C2)cc(-c2ccccc2)c1)c1nc(-c2ccc3ccccc3c2)nc(-c2ccc3ccccc3c2)n1. The van der Waals surface area contributed by atoms with E-state index in [1.807, 2.05) is 66.7 Å². The molecule has 0 bridgehead atoms. The monoisotopic (exact) mass is 591 g/mol. The van der Waals surface area contributed by atoms with Crippen molar-refractivity contribution in [2.24, 2.45) is 0 Å². The van der Waals surface area contributed by atoms with E-state index < -0.39 is 0 Å². The summed E-state index contributed by atoms with van der Waals surface area (Å²) in [5, 5.41) is 4.41. The molecule has 4 heteroatoms. The molecule has 218 valence electrons. The smallest absolute Gasteiger partial charge is 0.230 e. The van der Waals surface area contributed by atoms with Crippen LogP contribution in [0.2, 0.25) is 0 Å². The minimum absolute atomic E-state index is 0.116. The molecule has 0 unspecified atom stereocenters. The van der Waals surface area contributed by atoms with Gasteiger partial charge >= 0.3 is 0 Å². The number of hydrogen-bond acceptors (Lipinski definition) is 4. The predicted octanol–water partition coefficient (Wildman–Crippen LogP) is 10.1. The standard InChI is InChI=1S/C42H29N3O/c46-39(38-26-36(28-11-3-1-4-12-28)25-37(27-38)29-13-5-2-6-14-29)42-44-40(34-21-19-30-15-7-9-17-32(30)23-34)43-41(45-42)35-22-20-31-16-8-10-18-33(31)24-35/h1,3-5,7-27H,2,6H2. The molecule has 8 rings (SSSR count). The molecule has 0 saturated carbocycles. The molecule has 0 amide bonds. The van der Waals surface area contributed by atoms with Crippen LogP contribution in [0.25, 0.3) is 61.0 Å². The Balaban J connectivity index is 1.30. The molecule has 0 saturated heterocycles. The van der Waals surface area contributed by atoms with Gasteiger partial charge in [-0.3, -0.25) is 4.79 Å². The van der Waals surface area contributed by atoms with Crippen molar-refractivity contribution in [3.63, 3.8) is 0 Å². The van der Waals surface area contributed by atoms with Crippen molar-refractivity contribution in [2.75, 3.05) is 0 Å². The van der Waals surface area contributed by atoms with Crippen LogP contribution in [0.15, 0.2) is 152 Å². The zero-order chi connectivity index (χ0) is 30.9. The Hall–Kier alpha value is -6.00. The summed E-state index contributed by atoms with van der Waals surface area (Å²) in [6, 6.07) is 44.9. The largest absolute Gasteiger partial charge is 0.285 e. The van der Waals surface area contributed by atoms with Crippen LogP contribution >= 0.6 is 0 Å². The fourth-order valence-corrected chi connectivity index (χ4v) is 6.07. The molecular weight excluding hydrogens is 562 g/mol. The van der Waals surface area contributed by atoms with Crippen LogP contribution in [-0.2, 0) is 0 Å². The zero-order valence-electron chi connectivity index (χ0n) is 25.1. The summed E-state index contributed by atoms with van der Waals surface area (Å²) in [7, 11) is 0. The summed E-state index contributed by atoms with van der Waals surface area (Å²) < 4.78 is 0. The predicted molar refractivity (Wildman–Crippen MR) is 187 cm³/mol. The summed E-state index contributed by atoms with van der Waals surface area (Å²) in [6.45, 7) is 0. The molecule has 0 radical (unpaired) electrons. The number of hydrogen-bond donors (Lipinski definition) is 0. The Morgan fingerprint density at radius 3 is 1.67 bits per heavy atom. The molecule has 1 heterocycles. The minimum Gasteiger partial charge on any atom is -0.285 e. The van der Waals surface area contributed by atoms with Gasteiger partial charge < -0.3 is 0 Å². The van der Waals surface area contributed by atoms with Gasteiger partial charge in [-0.2, -0.15) is 0 Å². The number of rotatable bonds is 6. The van der Waals surface area contributed by atoms with E-state index in [9.17, 15) is 4.79 Å². The number of allylic oxidation sites excluding steroid dienone is 4. The van der Waals surface area contributed by atoms with E-state index in [1.165, 1.54) is 0 Å². The van der Waals surface area contributed by atoms with E-state index in [1.54, 1.807) is 0 Å². The number of carbonyl (C=O) groups is 1. The second-order valence-electron chi connectivity index (χ2n) is 11.6. The molecular formula is C42H29N3O. The highest BCUT2D eigenvalue weighted by atomic mass is 16.1. The van der Waals surface area contributed by atoms with Gasteiger partial charge in [-0.05, 0) is 87.0 Å². The van der Waals surface area contributed by atoms with Crippen molar-refractivity contribution in [3.05, 3.63) is 169 Å². The lowest BCUT2D eigenvalue weighted by molar-refractivity contribution is 0.102. The van der Waals surface area contributed by atoms with Gasteiger partial charge in [0, 0.05) is 16.7 Å². The molecule has 0 N–H and O–H groups in total. The molecule has 46 heavy (non-hydrogen) atoms. The first kappa shape index (κ1) is 27.5. The van der Waals surface area contributed by atoms with Crippen molar-refractivity contribution in [1.82, 2.24) is 15.0 Å². The van der Waals surface area contributed by atoms with Crippen molar-refractivity contribution in [1.29, 1.82) is 0 Å². The maximum atomic E-state index is 14.5. The Labute approximate surface area is 267 Å². The lowest BCUT2D eigenvalue weighted by Gasteiger charge is -2.13. The maximum absolute atomic E-state index is 14.5. The van der Waals surface area contributed by atoms with Crippen LogP contribution in [0.5, 0.6) is 0 Å². The van der Waals surface area contributed by atoms with Gasteiger partial charge in [-0.15, -0.1) is 0 Å². The number of carbonyl (C=O) groups excluding carboxylic acids is 1. The number of ketones is 1. The average Bonchev–Trinajstić information content (AvgIpc) is 3.14. The van der Waals surface area contributed by atoms with Crippen LogP contribution in [0.1, 0.15) is 34.6 Å². The minimum atomic E-state index is -0.245. The number of aromatic nitrogens is 3. The second-order valence-corrected chi connectivity index (χ2v) is 11.6. The van der Waals surface area contributed by atoms with Crippen molar-refractivity contribution < 1.29 is 4.79 Å². The summed E-state index contributed by atoms with van der Waals surface area (Å²) in [6.07, 6.45) is 8.55. The van der Waals surface area contributed by atoms with E-state index >= 15 is 0 Å². The normalized spacial score (nSPS) is 12.7. The zero-order valence-corrected chi connectivity index (χ0v) is 25.1. The first-order valence-electron chi connectivity index (χ1n) is 15.5. The molecule has 0 fully saturated rings. The highest BCUT2D eigenvalue weighted by Crippen LogP contribution is 2.31. The van der Waals surface area contributed by atoms with Gasteiger partial charge in [-0.1, -0.05) is 121 Å². The quantitative estimate of drug-likeness (QED) is 0.181. The lowest BCUT2D eigenvalue weighted by atomic mass is 9.92. The Kier molecular flexibility index (Phi) is 7.08. The molecule has 4 nitrogen and oxygen atoms in total. The number of fused-ring (bicyclic) bond motifs is 2. The van der Waals surface area contributed by atoms with E-state index in [0.717, 1.165) is 67.8 Å². The van der Waals surface area contributed by atoms with Gasteiger partial charge in [0.15, 0.2) is 11.6 Å². The molecule has 0 aliphatic heterocycles. The van der Waals surface area contributed by atoms with E-state index in [2.05, 4.69) is 85.0 Å². The van der Waals surface area contributed by atoms with Crippen molar-refractivity contribution >= 4 is 32.9 Å². The molecule has 7 aromatic rings. The fraction of sp³-hybridized carbons (Fsp3) is 0.0476. The van der Waals surface area contributed by atoms with E-state index in [0.29, 0.717) is 17.2 Å². The van der Waals surface area contributed by atoms with E-state index in [-0.39, 0.29) is 11.6 Å². The fourth-order valence-electron chi connectivity index (χ4n) is 6.07. The second kappa shape index (κ2) is 11.8.